The highest BCUT2D eigenvalue weighted by Gasteiger charge is 2.25. The Balaban J connectivity index is 1.45. The first kappa shape index (κ1) is 18.0. The van der Waals surface area contributed by atoms with Crippen molar-refractivity contribution in [2.45, 2.75) is 51.2 Å². The van der Waals surface area contributed by atoms with E-state index in [1.54, 1.807) is 7.05 Å². The minimum Gasteiger partial charge on any atom is -0.378 e. The smallest absolute Gasteiger partial charge is 0.222 e. The quantitative estimate of drug-likeness (QED) is 0.710. The van der Waals surface area contributed by atoms with Gasteiger partial charge in [-0.2, -0.15) is 0 Å². The molecule has 128 valence electrons. The number of amides is 1. The minimum atomic E-state index is 0.180. The molecule has 0 spiro atoms. The number of unbranched alkanes of at least 4 members (excludes halogenated alkanes) is 1. The van der Waals surface area contributed by atoms with Crippen LogP contribution >= 0.6 is 0 Å². The first-order valence-electron chi connectivity index (χ1n) is 8.74. The Morgan fingerprint density at radius 3 is 2.48 bits per heavy atom. The van der Waals surface area contributed by atoms with Crippen LogP contribution < -0.4 is 5.32 Å². The molecule has 1 aromatic rings. The van der Waals surface area contributed by atoms with Crippen LogP contribution in [0.15, 0.2) is 30.3 Å². The van der Waals surface area contributed by atoms with Crippen molar-refractivity contribution in [3.8, 4) is 0 Å². The molecule has 1 aromatic carbocycles. The molecule has 4 nitrogen and oxygen atoms in total. The van der Waals surface area contributed by atoms with Gasteiger partial charge >= 0.3 is 0 Å². The van der Waals surface area contributed by atoms with Gasteiger partial charge in [0.15, 0.2) is 0 Å². The zero-order valence-corrected chi connectivity index (χ0v) is 14.1. The van der Waals surface area contributed by atoms with Crippen molar-refractivity contribution in [1.82, 2.24) is 5.32 Å². The lowest BCUT2D eigenvalue weighted by atomic mass is 9.87. The van der Waals surface area contributed by atoms with Crippen LogP contribution in [0.3, 0.4) is 0 Å². The molecule has 0 heterocycles. The topological polar surface area (TPSA) is 47.6 Å². The van der Waals surface area contributed by atoms with Crippen LogP contribution in [0.5, 0.6) is 0 Å². The molecule has 1 fully saturated rings. The van der Waals surface area contributed by atoms with Crippen LogP contribution in [0, 0.1) is 5.92 Å². The number of hydrogen-bond acceptors (Lipinski definition) is 3. The van der Waals surface area contributed by atoms with Crippen molar-refractivity contribution in [2.75, 3.05) is 20.3 Å². The fraction of sp³-hybridized carbons (Fsp3) is 0.632. The Kier molecular flexibility index (Phi) is 8.12. The van der Waals surface area contributed by atoms with Crippen molar-refractivity contribution in [3.63, 3.8) is 0 Å². The second kappa shape index (κ2) is 10.4. The monoisotopic (exact) mass is 319 g/mol. The second-order valence-electron chi connectivity index (χ2n) is 6.20. The molecule has 0 aliphatic heterocycles. The average molecular weight is 319 g/mol. The summed E-state index contributed by atoms with van der Waals surface area (Å²) < 4.78 is 11.6. The van der Waals surface area contributed by atoms with Gasteiger partial charge in [0.1, 0.15) is 0 Å². The molecule has 0 bridgehead atoms. The molecule has 0 atom stereocenters. The van der Waals surface area contributed by atoms with Gasteiger partial charge in [-0.15, -0.1) is 0 Å². The molecule has 0 unspecified atom stereocenters. The average Bonchev–Trinajstić information content (AvgIpc) is 2.61. The molecule has 2 rings (SSSR count). The van der Waals surface area contributed by atoms with Gasteiger partial charge in [0.25, 0.3) is 0 Å². The molecule has 1 amide bonds. The summed E-state index contributed by atoms with van der Waals surface area (Å²) in [7, 11) is 1.71. The highest BCUT2D eigenvalue weighted by molar-refractivity contribution is 5.78. The number of carbonyl (C=O) groups is 1. The van der Waals surface area contributed by atoms with Crippen LogP contribution in [0.4, 0.5) is 0 Å². The van der Waals surface area contributed by atoms with Crippen molar-refractivity contribution in [1.29, 1.82) is 0 Å². The summed E-state index contributed by atoms with van der Waals surface area (Å²) in [6.45, 7) is 2.26. The molecule has 1 N–H and O–H groups in total. The maximum atomic E-state index is 11.6. The molecule has 23 heavy (non-hydrogen) atoms. The fourth-order valence-electron chi connectivity index (χ4n) is 3.02. The van der Waals surface area contributed by atoms with E-state index in [1.807, 2.05) is 18.2 Å². The van der Waals surface area contributed by atoms with Crippen LogP contribution in [0.1, 0.15) is 44.1 Å². The van der Waals surface area contributed by atoms with E-state index in [0.29, 0.717) is 12.7 Å². The van der Waals surface area contributed by atoms with Crippen molar-refractivity contribution >= 4 is 5.91 Å². The highest BCUT2D eigenvalue weighted by Crippen LogP contribution is 2.26. The van der Waals surface area contributed by atoms with E-state index in [-0.39, 0.29) is 11.8 Å². The van der Waals surface area contributed by atoms with Gasteiger partial charge < -0.3 is 14.8 Å². The van der Waals surface area contributed by atoms with Gasteiger partial charge in [-0.3, -0.25) is 4.79 Å². The predicted molar refractivity (Wildman–Crippen MR) is 91.1 cm³/mol. The number of carbonyl (C=O) groups excluding carboxylic acids is 1. The summed E-state index contributed by atoms with van der Waals surface area (Å²) in [6.07, 6.45) is 6.30. The summed E-state index contributed by atoms with van der Waals surface area (Å²) in [5.74, 6) is 0.366. The Morgan fingerprint density at radius 1 is 1.09 bits per heavy atom. The van der Waals surface area contributed by atoms with Crippen molar-refractivity contribution in [2.24, 2.45) is 5.92 Å². The molecule has 4 heteroatoms. The predicted octanol–water partition coefficient (Wildman–Crippen LogP) is 3.30. The first-order valence-corrected chi connectivity index (χ1v) is 8.74. The lowest BCUT2D eigenvalue weighted by molar-refractivity contribution is -0.126. The number of hydrogen-bond donors (Lipinski definition) is 1. The van der Waals surface area contributed by atoms with E-state index >= 15 is 0 Å². The van der Waals surface area contributed by atoms with Gasteiger partial charge in [0, 0.05) is 26.2 Å². The molecular weight excluding hydrogens is 290 g/mol. The number of rotatable bonds is 9. The lowest BCUT2D eigenvalue weighted by Crippen LogP contribution is -2.32. The minimum absolute atomic E-state index is 0.180. The van der Waals surface area contributed by atoms with Gasteiger partial charge in [-0.05, 0) is 44.1 Å². The Bertz CT molecular complexity index is 441. The van der Waals surface area contributed by atoms with Crippen molar-refractivity contribution < 1.29 is 14.3 Å². The standard InChI is InChI=1S/C19H29NO3/c1-20-19(21)17-9-11-18(12-10-17)23-14-6-5-13-22-15-16-7-3-2-4-8-16/h2-4,7-8,17-18H,5-6,9-15H2,1H3,(H,20,21). The molecule has 0 radical (unpaired) electrons. The molecule has 0 aromatic heterocycles. The van der Waals surface area contributed by atoms with E-state index in [4.69, 9.17) is 9.47 Å². The summed E-state index contributed by atoms with van der Waals surface area (Å²) in [4.78, 5) is 11.6. The molecule has 1 aliphatic rings. The van der Waals surface area contributed by atoms with Gasteiger partial charge in [-0.25, -0.2) is 0 Å². The largest absolute Gasteiger partial charge is 0.378 e. The fourth-order valence-corrected chi connectivity index (χ4v) is 3.02. The van der Waals surface area contributed by atoms with E-state index in [1.165, 1.54) is 5.56 Å². The zero-order chi connectivity index (χ0) is 16.3. The van der Waals surface area contributed by atoms with E-state index in [9.17, 15) is 4.79 Å². The highest BCUT2D eigenvalue weighted by atomic mass is 16.5. The third-order valence-corrected chi connectivity index (χ3v) is 4.44. The summed E-state index contributed by atoms with van der Waals surface area (Å²) in [5, 5.41) is 2.74. The van der Waals surface area contributed by atoms with Crippen molar-refractivity contribution in [3.05, 3.63) is 35.9 Å². The third-order valence-electron chi connectivity index (χ3n) is 4.44. The van der Waals surface area contributed by atoms with Crippen LogP contribution in [0.2, 0.25) is 0 Å². The normalized spacial score (nSPS) is 21.1. The van der Waals surface area contributed by atoms with Crippen LogP contribution in [-0.2, 0) is 20.9 Å². The third kappa shape index (κ3) is 6.71. The number of ether oxygens (including phenoxy) is 2. The molecular formula is C19H29NO3. The Morgan fingerprint density at radius 2 is 1.78 bits per heavy atom. The number of benzene rings is 1. The van der Waals surface area contributed by atoms with Gasteiger partial charge in [0.05, 0.1) is 12.7 Å². The maximum Gasteiger partial charge on any atom is 0.222 e. The molecule has 1 saturated carbocycles. The number of nitrogens with one attached hydrogen (secondary N) is 1. The first-order chi connectivity index (χ1) is 11.3. The second-order valence-corrected chi connectivity index (χ2v) is 6.20. The lowest BCUT2D eigenvalue weighted by Gasteiger charge is -2.27. The molecule has 1 aliphatic carbocycles. The van der Waals surface area contributed by atoms with Gasteiger partial charge in [0.2, 0.25) is 5.91 Å². The maximum absolute atomic E-state index is 11.6. The summed E-state index contributed by atoms with van der Waals surface area (Å²) in [5.41, 5.74) is 1.22. The van der Waals surface area contributed by atoms with Crippen LogP contribution in [0.25, 0.3) is 0 Å². The summed E-state index contributed by atoms with van der Waals surface area (Å²) in [6, 6.07) is 10.2. The zero-order valence-electron chi connectivity index (χ0n) is 14.1. The molecule has 0 saturated heterocycles. The van der Waals surface area contributed by atoms with Gasteiger partial charge in [-0.1, -0.05) is 30.3 Å². The SMILES string of the molecule is CNC(=O)C1CCC(OCCCCOCc2ccccc2)CC1. The summed E-state index contributed by atoms with van der Waals surface area (Å²) >= 11 is 0. The van der Waals surface area contributed by atoms with E-state index < -0.39 is 0 Å². The van der Waals surface area contributed by atoms with Crippen LogP contribution in [-0.4, -0.2) is 32.3 Å². The van der Waals surface area contributed by atoms with E-state index in [2.05, 4.69) is 17.4 Å². The van der Waals surface area contributed by atoms with E-state index in [0.717, 1.165) is 51.7 Å². The Labute approximate surface area is 139 Å². The Hall–Kier alpha value is -1.39.